The summed E-state index contributed by atoms with van der Waals surface area (Å²) in [5.74, 6) is 0. The van der Waals surface area contributed by atoms with Crippen molar-refractivity contribution in [2.45, 2.75) is 20.1 Å². The highest BCUT2D eigenvalue weighted by Gasteiger charge is 2.40. The topological polar surface area (TPSA) is 56.2 Å². The van der Waals surface area contributed by atoms with Crippen LogP contribution in [-0.2, 0) is 4.74 Å². The summed E-state index contributed by atoms with van der Waals surface area (Å²) in [6, 6.07) is 0. The molecule has 84 valence electrons. The van der Waals surface area contributed by atoms with Gasteiger partial charge in [0.1, 0.15) is 6.23 Å². The Kier molecular flexibility index (Phi) is 3.86. The van der Waals surface area contributed by atoms with E-state index in [0.29, 0.717) is 6.67 Å². The zero-order valence-electron chi connectivity index (χ0n) is 9.10. The molecule has 0 amide bonds. The first-order chi connectivity index (χ1) is 6.55. The third kappa shape index (κ3) is 2.24. The molecule has 0 radical (unpaired) electrons. The molecule has 5 heteroatoms. The average molecular weight is 204 g/mol. The van der Waals surface area contributed by atoms with E-state index in [1.807, 2.05) is 4.90 Å². The van der Waals surface area contributed by atoms with Gasteiger partial charge in [0.05, 0.1) is 20.1 Å². The standard InChI is InChI=1S/C9H20N2O3/c1-9(2)4-10(6-12)5-11(7-13)8(9)14-3/h8,12-13H,4-7H2,1-3H3. The van der Waals surface area contributed by atoms with Crippen molar-refractivity contribution in [3.63, 3.8) is 0 Å². The molecule has 1 atom stereocenters. The Bertz CT molecular complexity index is 187. The van der Waals surface area contributed by atoms with Gasteiger partial charge < -0.3 is 14.9 Å². The molecule has 1 rings (SSSR count). The Morgan fingerprint density at radius 1 is 1.36 bits per heavy atom. The van der Waals surface area contributed by atoms with E-state index < -0.39 is 0 Å². The molecule has 14 heavy (non-hydrogen) atoms. The number of hydrogen-bond acceptors (Lipinski definition) is 5. The molecule has 1 aliphatic heterocycles. The van der Waals surface area contributed by atoms with E-state index in [9.17, 15) is 5.11 Å². The van der Waals surface area contributed by atoms with E-state index >= 15 is 0 Å². The van der Waals surface area contributed by atoms with Crippen LogP contribution < -0.4 is 0 Å². The highest BCUT2D eigenvalue weighted by atomic mass is 16.5. The smallest absolute Gasteiger partial charge is 0.119 e. The summed E-state index contributed by atoms with van der Waals surface area (Å²) in [6.07, 6.45) is -0.102. The van der Waals surface area contributed by atoms with Gasteiger partial charge in [-0.2, -0.15) is 0 Å². The maximum atomic E-state index is 9.18. The zero-order chi connectivity index (χ0) is 10.8. The van der Waals surface area contributed by atoms with E-state index in [1.54, 1.807) is 12.0 Å². The van der Waals surface area contributed by atoms with Gasteiger partial charge in [0.25, 0.3) is 0 Å². The van der Waals surface area contributed by atoms with Crippen LogP contribution in [0.4, 0.5) is 0 Å². The molecule has 2 N–H and O–H groups in total. The van der Waals surface area contributed by atoms with Crippen LogP contribution in [0.5, 0.6) is 0 Å². The number of methoxy groups -OCH3 is 1. The second-order valence-corrected chi connectivity index (χ2v) is 4.42. The van der Waals surface area contributed by atoms with E-state index in [2.05, 4.69) is 13.8 Å². The Balaban J connectivity index is 2.74. The van der Waals surface area contributed by atoms with Crippen LogP contribution in [0.25, 0.3) is 0 Å². The minimum Gasteiger partial charge on any atom is -0.381 e. The van der Waals surface area contributed by atoms with Gasteiger partial charge in [-0.25, -0.2) is 4.90 Å². The van der Waals surface area contributed by atoms with E-state index in [0.717, 1.165) is 6.54 Å². The third-order valence-corrected chi connectivity index (χ3v) is 2.62. The summed E-state index contributed by atoms with van der Waals surface area (Å²) in [5, 5.41) is 18.2. The van der Waals surface area contributed by atoms with Crippen LogP contribution in [0.15, 0.2) is 0 Å². The zero-order valence-corrected chi connectivity index (χ0v) is 9.10. The second-order valence-electron chi connectivity index (χ2n) is 4.42. The highest BCUT2D eigenvalue weighted by molar-refractivity contribution is 4.85. The summed E-state index contributed by atoms with van der Waals surface area (Å²) in [4.78, 5) is 3.66. The van der Waals surface area contributed by atoms with Crippen LogP contribution in [0.2, 0.25) is 0 Å². The summed E-state index contributed by atoms with van der Waals surface area (Å²) in [7, 11) is 1.64. The monoisotopic (exact) mass is 204 g/mol. The predicted molar refractivity (Wildman–Crippen MR) is 52.2 cm³/mol. The fourth-order valence-electron chi connectivity index (χ4n) is 2.21. The fourth-order valence-corrected chi connectivity index (χ4v) is 2.21. The average Bonchev–Trinajstić information content (AvgIpc) is 2.15. The predicted octanol–water partition coefficient (Wildman–Crippen LogP) is -0.540. The Hall–Kier alpha value is -0.200. The number of hydrogen-bond donors (Lipinski definition) is 2. The van der Waals surface area contributed by atoms with Crippen molar-refractivity contribution in [2.75, 3.05) is 33.8 Å². The number of aliphatic hydroxyl groups excluding tert-OH is 2. The number of nitrogens with zero attached hydrogens (tertiary/aromatic N) is 2. The van der Waals surface area contributed by atoms with Crippen molar-refractivity contribution >= 4 is 0 Å². The molecule has 0 aliphatic carbocycles. The molecule has 0 aromatic heterocycles. The molecule has 1 fully saturated rings. The van der Waals surface area contributed by atoms with Crippen molar-refractivity contribution in [1.82, 2.24) is 9.80 Å². The first-order valence-electron chi connectivity index (χ1n) is 4.76. The lowest BCUT2D eigenvalue weighted by molar-refractivity contribution is -0.194. The quantitative estimate of drug-likeness (QED) is 0.646. The molecule has 1 aliphatic rings. The first kappa shape index (κ1) is 11.9. The summed E-state index contributed by atoms with van der Waals surface area (Å²) < 4.78 is 5.36. The van der Waals surface area contributed by atoms with Gasteiger partial charge in [-0.05, 0) is 0 Å². The van der Waals surface area contributed by atoms with E-state index in [4.69, 9.17) is 9.84 Å². The molecule has 1 saturated heterocycles. The molecular formula is C9H20N2O3. The molecule has 5 nitrogen and oxygen atoms in total. The van der Waals surface area contributed by atoms with Gasteiger partial charge in [-0.15, -0.1) is 0 Å². The summed E-state index contributed by atoms with van der Waals surface area (Å²) in [6.45, 7) is 5.37. The molecule has 0 saturated carbocycles. The van der Waals surface area contributed by atoms with Crippen LogP contribution in [0.1, 0.15) is 13.8 Å². The van der Waals surface area contributed by atoms with Crippen molar-refractivity contribution in [2.24, 2.45) is 5.41 Å². The Morgan fingerprint density at radius 3 is 2.43 bits per heavy atom. The minimum atomic E-state index is -0.102. The summed E-state index contributed by atoms with van der Waals surface area (Å²) in [5.41, 5.74) is -0.0988. The normalized spacial score (nSPS) is 29.4. The Morgan fingerprint density at radius 2 is 2.00 bits per heavy atom. The lowest BCUT2D eigenvalue weighted by Gasteiger charge is -2.48. The number of ether oxygens (including phenoxy) is 1. The number of rotatable bonds is 3. The molecule has 0 aromatic carbocycles. The van der Waals surface area contributed by atoms with Gasteiger partial charge in [-0.3, -0.25) is 4.90 Å². The molecular weight excluding hydrogens is 184 g/mol. The molecule has 0 bridgehead atoms. The minimum absolute atomic E-state index is 0.0103. The van der Waals surface area contributed by atoms with Crippen LogP contribution in [-0.4, -0.2) is 60.0 Å². The third-order valence-electron chi connectivity index (χ3n) is 2.62. The SMILES string of the molecule is COC1N(CO)CN(CO)CC1(C)C. The van der Waals surface area contributed by atoms with Gasteiger partial charge >= 0.3 is 0 Å². The molecule has 0 spiro atoms. The van der Waals surface area contributed by atoms with E-state index in [1.165, 1.54) is 0 Å². The second kappa shape index (κ2) is 4.55. The van der Waals surface area contributed by atoms with Crippen molar-refractivity contribution in [3.05, 3.63) is 0 Å². The molecule has 0 aromatic rings. The van der Waals surface area contributed by atoms with Gasteiger partial charge in [0.2, 0.25) is 0 Å². The maximum Gasteiger partial charge on any atom is 0.119 e. The molecule has 1 heterocycles. The largest absolute Gasteiger partial charge is 0.381 e. The van der Waals surface area contributed by atoms with Crippen LogP contribution in [0, 0.1) is 5.41 Å². The van der Waals surface area contributed by atoms with Gasteiger partial charge in [0.15, 0.2) is 0 Å². The van der Waals surface area contributed by atoms with Crippen LogP contribution in [0.3, 0.4) is 0 Å². The number of aliphatic hydroxyl groups is 2. The van der Waals surface area contributed by atoms with Crippen molar-refractivity contribution in [3.8, 4) is 0 Å². The molecule has 1 unspecified atom stereocenters. The van der Waals surface area contributed by atoms with Gasteiger partial charge in [-0.1, -0.05) is 13.8 Å². The van der Waals surface area contributed by atoms with Crippen molar-refractivity contribution in [1.29, 1.82) is 0 Å². The lowest BCUT2D eigenvalue weighted by atomic mass is 9.88. The van der Waals surface area contributed by atoms with E-state index in [-0.39, 0.29) is 25.1 Å². The maximum absolute atomic E-state index is 9.18. The highest BCUT2D eigenvalue weighted by Crippen LogP contribution is 2.30. The van der Waals surface area contributed by atoms with Crippen LogP contribution >= 0.6 is 0 Å². The summed E-state index contributed by atoms with van der Waals surface area (Å²) >= 11 is 0. The van der Waals surface area contributed by atoms with Crippen molar-refractivity contribution < 1.29 is 14.9 Å². The van der Waals surface area contributed by atoms with Gasteiger partial charge in [0, 0.05) is 19.1 Å². The first-order valence-corrected chi connectivity index (χ1v) is 4.76. The Labute approximate surface area is 84.9 Å². The fraction of sp³-hybridized carbons (Fsp3) is 1.00. The lowest BCUT2D eigenvalue weighted by Crippen LogP contribution is -2.60.